The molecule has 0 atom stereocenters. The summed E-state index contributed by atoms with van der Waals surface area (Å²) in [5, 5.41) is 3.29. The topological polar surface area (TPSA) is 83.1 Å². The lowest BCUT2D eigenvalue weighted by atomic mass is 9.75. The standard InChI is InChI=1S/C17H23ClFN5O2S/c1-24(2)17(5-4-6-17)9-20-7-8-26-15-10-12(11(19)13(18)22-15)21-16(27-3)23-14(10)25/h20H,4-9H2,1-3H3,(H,21,23,25). The maximum Gasteiger partial charge on any atom is 0.265 e. The minimum atomic E-state index is -0.823. The summed E-state index contributed by atoms with van der Waals surface area (Å²) in [7, 11) is 4.19. The van der Waals surface area contributed by atoms with Crippen LogP contribution in [0.4, 0.5) is 4.39 Å². The van der Waals surface area contributed by atoms with Gasteiger partial charge in [0.1, 0.15) is 17.5 Å². The molecule has 10 heteroatoms. The summed E-state index contributed by atoms with van der Waals surface area (Å²) in [6, 6.07) is 0. The van der Waals surface area contributed by atoms with Gasteiger partial charge in [0.05, 0.1) is 0 Å². The zero-order chi connectivity index (χ0) is 19.6. The van der Waals surface area contributed by atoms with E-state index in [0.717, 1.165) is 6.54 Å². The number of hydrogen-bond acceptors (Lipinski definition) is 7. The number of aromatic amines is 1. The van der Waals surface area contributed by atoms with Crippen LogP contribution in [0, 0.1) is 5.82 Å². The van der Waals surface area contributed by atoms with E-state index in [1.54, 1.807) is 6.26 Å². The van der Waals surface area contributed by atoms with Crippen LogP contribution in [0.5, 0.6) is 5.88 Å². The second-order valence-corrected chi connectivity index (χ2v) is 7.97. The van der Waals surface area contributed by atoms with E-state index in [0.29, 0.717) is 11.7 Å². The van der Waals surface area contributed by atoms with Crippen LogP contribution in [0.3, 0.4) is 0 Å². The van der Waals surface area contributed by atoms with Crippen molar-refractivity contribution in [2.45, 2.75) is 30.0 Å². The van der Waals surface area contributed by atoms with E-state index in [9.17, 15) is 9.18 Å². The maximum absolute atomic E-state index is 14.3. The normalized spacial score (nSPS) is 15.9. The van der Waals surface area contributed by atoms with E-state index in [1.165, 1.54) is 31.0 Å². The summed E-state index contributed by atoms with van der Waals surface area (Å²) in [6.07, 6.45) is 5.32. The third-order valence-electron chi connectivity index (χ3n) is 5.10. The van der Waals surface area contributed by atoms with Gasteiger partial charge in [0.2, 0.25) is 5.88 Å². The molecule has 0 aromatic carbocycles. The fraction of sp³-hybridized carbons (Fsp3) is 0.588. The molecular weight excluding hydrogens is 393 g/mol. The van der Waals surface area contributed by atoms with Gasteiger partial charge in [-0.05, 0) is 39.6 Å². The minimum Gasteiger partial charge on any atom is -0.476 e. The molecule has 1 aliphatic carbocycles. The monoisotopic (exact) mass is 415 g/mol. The van der Waals surface area contributed by atoms with Crippen molar-refractivity contribution in [3.63, 3.8) is 0 Å². The lowest BCUT2D eigenvalue weighted by Crippen LogP contribution is -2.56. The number of halogens is 2. The molecule has 1 saturated carbocycles. The first-order valence-corrected chi connectivity index (χ1v) is 10.3. The summed E-state index contributed by atoms with van der Waals surface area (Å²) < 4.78 is 19.9. The number of rotatable bonds is 8. The fourth-order valence-electron chi connectivity index (χ4n) is 3.21. The highest BCUT2D eigenvalue weighted by Gasteiger charge is 2.38. The van der Waals surface area contributed by atoms with E-state index in [4.69, 9.17) is 16.3 Å². The van der Waals surface area contributed by atoms with Gasteiger partial charge >= 0.3 is 0 Å². The number of nitrogens with zero attached hydrogens (tertiary/aromatic N) is 3. The molecule has 0 unspecified atom stereocenters. The van der Waals surface area contributed by atoms with Crippen LogP contribution in [-0.4, -0.2) is 65.4 Å². The van der Waals surface area contributed by atoms with E-state index in [2.05, 4.69) is 39.3 Å². The molecule has 0 aliphatic heterocycles. The molecule has 1 fully saturated rings. The first-order chi connectivity index (χ1) is 12.9. The summed E-state index contributed by atoms with van der Waals surface area (Å²) >= 11 is 7.06. The predicted octanol–water partition coefficient (Wildman–Crippen LogP) is 2.29. The average molecular weight is 416 g/mol. The number of pyridine rings is 1. The number of hydrogen-bond donors (Lipinski definition) is 2. The van der Waals surface area contributed by atoms with Crippen molar-refractivity contribution in [1.29, 1.82) is 0 Å². The highest BCUT2D eigenvalue weighted by atomic mass is 35.5. The Morgan fingerprint density at radius 2 is 2.15 bits per heavy atom. The number of ether oxygens (including phenoxy) is 1. The lowest BCUT2D eigenvalue weighted by molar-refractivity contribution is 0.0593. The third kappa shape index (κ3) is 4.06. The molecule has 2 N–H and O–H groups in total. The Kier molecular flexibility index (Phi) is 6.25. The fourth-order valence-corrected chi connectivity index (χ4v) is 3.75. The van der Waals surface area contributed by atoms with Crippen molar-refractivity contribution in [1.82, 2.24) is 25.2 Å². The van der Waals surface area contributed by atoms with Crippen LogP contribution in [0.15, 0.2) is 9.95 Å². The highest BCUT2D eigenvalue weighted by molar-refractivity contribution is 7.98. The Bertz CT molecular complexity index is 888. The van der Waals surface area contributed by atoms with Crippen molar-refractivity contribution in [3.8, 4) is 5.88 Å². The Morgan fingerprint density at radius 3 is 2.74 bits per heavy atom. The van der Waals surface area contributed by atoms with Crippen LogP contribution in [0.2, 0.25) is 5.15 Å². The maximum atomic E-state index is 14.3. The zero-order valence-corrected chi connectivity index (χ0v) is 17.1. The van der Waals surface area contributed by atoms with Crippen LogP contribution < -0.4 is 15.6 Å². The summed E-state index contributed by atoms with van der Waals surface area (Å²) in [6.45, 7) is 1.71. The number of fused-ring (bicyclic) bond motifs is 1. The van der Waals surface area contributed by atoms with Gasteiger partial charge < -0.3 is 19.9 Å². The molecule has 148 valence electrons. The van der Waals surface area contributed by atoms with Crippen molar-refractivity contribution in [2.24, 2.45) is 0 Å². The minimum absolute atomic E-state index is 0.00873. The molecule has 27 heavy (non-hydrogen) atoms. The molecule has 2 aromatic rings. The van der Waals surface area contributed by atoms with Gasteiger partial charge in [-0.3, -0.25) is 4.79 Å². The molecule has 0 saturated heterocycles. The first-order valence-electron chi connectivity index (χ1n) is 8.72. The molecule has 0 bridgehead atoms. The number of aromatic nitrogens is 3. The Balaban J connectivity index is 1.70. The van der Waals surface area contributed by atoms with Gasteiger partial charge in [-0.15, -0.1) is 0 Å². The largest absolute Gasteiger partial charge is 0.476 e. The van der Waals surface area contributed by atoms with Gasteiger partial charge in [0.25, 0.3) is 5.56 Å². The number of nitrogens with one attached hydrogen (secondary N) is 2. The third-order valence-corrected chi connectivity index (χ3v) is 5.93. The van der Waals surface area contributed by atoms with Crippen molar-refractivity contribution in [2.75, 3.05) is 40.0 Å². The van der Waals surface area contributed by atoms with Crippen LogP contribution in [-0.2, 0) is 0 Å². The van der Waals surface area contributed by atoms with E-state index < -0.39 is 11.4 Å². The van der Waals surface area contributed by atoms with Crippen molar-refractivity contribution >= 4 is 34.3 Å². The summed E-state index contributed by atoms with van der Waals surface area (Å²) in [4.78, 5) is 25.1. The SMILES string of the molecule is CSc1nc2c(F)c(Cl)nc(OCCNCC3(N(C)C)CCC3)c2c(=O)[nH]1. The van der Waals surface area contributed by atoms with Gasteiger partial charge in [-0.25, -0.2) is 9.37 Å². The molecule has 7 nitrogen and oxygen atoms in total. The Morgan fingerprint density at radius 1 is 1.41 bits per heavy atom. The van der Waals surface area contributed by atoms with Gasteiger partial charge in [-0.1, -0.05) is 23.4 Å². The first kappa shape index (κ1) is 20.3. The molecule has 0 radical (unpaired) electrons. The Labute approximate surface area is 166 Å². The van der Waals surface area contributed by atoms with Gasteiger partial charge in [0, 0.05) is 18.6 Å². The molecule has 0 amide bonds. The number of likely N-dealkylation sites (N-methyl/N-ethyl adjacent to an activating group) is 1. The number of thioether (sulfide) groups is 1. The lowest BCUT2D eigenvalue weighted by Gasteiger charge is -2.47. The highest BCUT2D eigenvalue weighted by Crippen LogP contribution is 2.35. The van der Waals surface area contributed by atoms with Crippen LogP contribution in [0.1, 0.15) is 19.3 Å². The van der Waals surface area contributed by atoms with Gasteiger partial charge in [0.15, 0.2) is 16.1 Å². The molecular formula is C17H23ClFN5O2S. The van der Waals surface area contributed by atoms with Crippen LogP contribution in [0.25, 0.3) is 10.9 Å². The molecule has 2 heterocycles. The quantitative estimate of drug-likeness (QED) is 0.296. The second kappa shape index (κ2) is 8.30. The van der Waals surface area contributed by atoms with Crippen molar-refractivity contribution < 1.29 is 9.13 Å². The molecule has 0 spiro atoms. The van der Waals surface area contributed by atoms with E-state index >= 15 is 0 Å². The predicted molar refractivity (Wildman–Crippen MR) is 106 cm³/mol. The summed E-state index contributed by atoms with van der Waals surface area (Å²) in [5.74, 6) is -0.831. The van der Waals surface area contributed by atoms with E-state index in [1.807, 2.05) is 0 Å². The van der Waals surface area contributed by atoms with Crippen LogP contribution >= 0.6 is 23.4 Å². The zero-order valence-electron chi connectivity index (χ0n) is 15.6. The average Bonchev–Trinajstić information content (AvgIpc) is 2.59. The second-order valence-electron chi connectivity index (χ2n) is 6.82. The molecule has 1 aliphatic rings. The van der Waals surface area contributed by atoms with Gasteiger partial charge in [-0.2, -0.15) is 4.98 Å². The molecule has 3 rings (SSSR count). The number of H-pyrrole nitrogens is 1. The summed E-state index contributed by atoms with van der Waals surface area (Å²) in [5.41, 5.74) is -0.428. The smallest absolute Gasteiger partial charge is 0.265 e. The molecule has 2 aromatic heterocycles. The Hall–Kier alpha value is -1.42. The van der Waals surface area contributed by atoms with Crippen molar-refractivity contribution in [3.05, 3.63) is 21.3 Å². The van der Waals surface area contributed by atoms with E-state index in [-0.39, 0.29) is 34.1 Å².